The zero-order valence-electron chi connectivity index (χ0n) is 11.2. The molecule has 0 saturated carbocycles. The van der Waals surface area contributed by atoms with Crippen LogP contribution in [0.3, 0.4) is 0 Å². The van der Waals surface area contributed by atoms with Crippen molar-refractivity contribution in [3.63, 3.8) is 0 Å². The number of carboxylic acids is 1. The van der Waals surface area contributed by atoms with E-state index in [-0.39, 0.29) is 6.04 Å². The molecule has 0 aromatic carbocycles. The van der Waals surface area contributed by atoms with Crippen molar-refractivity contribution in [3.05, 3.63) is 0 Å². The van der Waals surface area contributed by atoms with Gasteiger partial charge in [-0.1, -0.05) is 0 Å². The summed E-state index contributed by atoms with van der Waals surface area (Å²) in [5, 5.41) is 7.12. The predicted octanol–water partition coefficient (Wildman–Crippen LogP) is 1.59. The van der Waals surface area contributed by atoms with Crippen molar-refractivity contribution in [1.82, 2.24) is 4.67 Å². The monoisotopic (exact) mass is 334 g/mol. The van der Waals surface area contributed by atoms with Gasteiger partial charge >= 0.3 is 19.9 Å². The fourth-order valence-corrected chi connectivity index (χ4v) is 3.59. The second-order valence-corrected chi connectivity index (χ2v) is 6.60. The van der Waals surface area contributed by atoms with Crippen LogP contribution < -0.4 is 5.73 Å². The molecule has 11 heteroatoms. The number of hydrogen-bond donors (Lipinski definition) is 2. The highest BCUT2D eigenvalue weighted by molar-refractivity contribution is 7.51. The van der Waals surface area contributed by atoms with Gasteiger partial charge < -0.3 is 10.8 Å². The van der Waals surface area contributed by atoms with E-state index in [0.717, 1.165) is 32.4 Å². The smallest absolute Gasteiger partial charge is 0.475 e. The summed E-state index contributed by atoms with van der Waals surface area (Å²) in [6.45, 7) is 2.52. The Morgan fingerprint density at radius 1 is 1.24 bits per heavy atom. The lowest BCUT2D eigenvalue weighted by atomic mass is 10.1. The molecular formula is C10H18F3N2O5P. The van der Waals surface area contributed by atoms with Gasteiger partial charge in [0.05, 0.1) is 13.2 Å². The van der Waals surface area contributed by atoms with Gasteiger partial charge in [0, 0.05) is 19.1 Å². The summed E-state index contributed by atoms with van der Waals surface area (Å²) in [5.41, 5.74) is 5.77. The van der Waals surface area contributed by atoms with Crippen LogP contribution in [-0.2, 0) is 18.4 Å². The first-order valence-electron chi connectivity index (χ1n) is 6.35. The van der Waals surface area contributed by atoms with Crippen LogP contribution in [0, 0.1) is 0 Å². The largest absolute Gasteiger partial charge is 0.490 e. The summed E-state index contributed by atoms with van der Waals surface area (Å²) in [4.78, 5) is 8.90. The topological polar surface area (TPSA) is 102 Å². The Hall–Kier alpha value is -0.670. The maximum atomic E-state index is 12.1. The lowest BCUT2D eigenvalue weighted by Gasteiger charge is -2.36. The lowest BCUT2D eigenvalue weighted by molar-refractivity contribution is -0.192. The molecule has 3 N–H and O–H groups in total. The second kappa shape index (κ2) is 7.55. The third-order valence-electron chi connectivity index (χ3n) is 2.90. The average Bonchev–Trinajstić information content (AvgIpc) is 2.39. The minimum Gasteiger partial charge on any atom is -0.475 e. The number of carbonyl (C=O) groups is 1. The quantitative estimate of drug-likeness (QED) is 0.702. The van der Waals surface area contributed by atoms with E-state index in [0.29, 0.717) is 13.2 Å². The van der Waals surface area contributed by atoms with Crippen LogP contribution in [0.4, 0.5) is 13.2 Å². The Kier molecular flexibility index (Phi) is 6.61. The van der Waals surface area contributed by atoms with Crippen LogP contribution in [0.25, 0.3) is 0 Å². The predicted molar refractivity (Wildman–Crippen MR) is 66.6 cm³/mol. The Morgan fingerprint density at radius 3 is 2.05 bits per heavy atom. The summed E-state index contributed by atoms with van der Waals surface area (Å²) in [6, 6.07) is 0.239. The zero-order valence-corrected chi connectivity index (χ0v) is 12.1. The Balaban J connectivity index is 0.000000270. The van der Waals surface area contributed by atoms with Gasteiger partial charge in [-0.2, -0.15) is 13.2 Å². The van der Waals surface area contributed by atoms with Gasteiger partial charge in [-0.3, -0.25) is 9.05 Å². The normalized spacial score (nSPS) is 24.0. The minimum atomic E-state index is -5.08. The molecule has 124 valence electrons. The first kappa shape index (κ1) is 18.4. The van der Waals surface area contributed by atoms with Crippen LogP contribution >= 0.6 is 7.75 Å². The van der Waals surface area contributed by atoms with Gasteiger partial charge in [0.25, 0.3) is 0 Å². The minimum absolute atomic E-state index is 0.239. The van der Waals surface area contributed by atoms with Gasteiger partial charge in [0.15, 0.2) is 0 Å². The number of hydrogen-bond acceptors (Lipinski definition) is 5. The molecule has 0 radical (unpaired) electrons. The van der Waals surface area contributed by atoms with E-state index in [9.17, 15) is 17.7 Å². The Bertz CT molecular complexity index is 389. The zero-order chi connectivity index (χ0) is 16.1. The van der Waals surface area contributed by atoms with Crippen molar-refractivity contribution in [2.24, 2.45) is 5.73 Å². The summed E-state index contributed by atoms with van der Waals surface area (Å²) in [7, 11) is -2.94. The molecule has 0 spiro atoms. The fourth-order valence-electron chi connectivity index (χ4n) is 1.75. The fraction of sp³-hybridized carbons (Fsp3) is 0.900. The molecule has 0 bridgehead atoms. The van der Waals surface area contributed by atoms with Crippen molar-refractivity contribution in [2.75, 3.05) is 26.3 Å². The van der Waals surface area contributed by atoms with Crippen molar-refractivity contribution in [3.8, 4) is 0 Å². The summed E-state index contributed by atoms with van der Waals surface area (Å²) >= 11 is 0. The van der Waals surface area contributed by atoms with E-state index < -0.39 is 19.9 Å². The number of nitrogens with zero attached hydrogens (tertiary/aromatic N) is 1. The summed E-state index contributed by atoms with van der Waals surface area (Å²) < 4.78 is 56.2. The number of carboxylic acid groups (broad SMARTS) is 1. The van der Waals surface area contributed by atoms with Gasteiger partial charge in [-0.15, -0.1) is 0 Å². The number of rotatable bonds is 1. The molecule has 0 aromatic rings. The van der Waals surface area contributed by atoms with E-state index in [4.69, 9.17) is 24.7 Å². The molecule has 7 nitrogen and oxygen atoms in total. The highest BCUT2D eigenvalue weighted by Crippen LogP contribution is 2.54. The number of halogens is 3. The summed E-state index contributed by atoms with van der Waals surface area (Å²) in [6.07, 6.45) is -2.51. The summed E-state index contributed by atoms with van der Waals surface area (Å²) in [5.74, 6) is -2.76. The molecule has 2 aliphatic heterocycles. The number of alkyl halides is 3. The third-order valence-corrected chi connectivity index (χ3v) is 5.01. The van der Waals surface area contributed by atoms with E-state index in [1.165, 1.54) is 0 Å². The molecule has 2 rings (SSSR count). The average molecular weight is 334 g/mol. The van der Waals surface area contributed by atoms with Crippen LogP contribution in [0.2, 0.25) is 0 Å². The third kappa shape index (κ3) is 5.91. The van der Waals surface area contributed by atoms with E-state index in [1.807, 2.05) is 4.67 Å². The molecular weight excluding hydrogens is 316 g/mol. The molecule has 21 heavy (non-hydrogen) atoms. The molecule has 0 aliphatic carbocycles. The van der Waals surface area contributed by atoms with E-state index in [1.54, 1.807) is 0 Å². The molecule has 2 heterocycles. The highest BCUT2D eigenvalue weighted by atomic mass is 31.2. The molecule has 0 unspecified atom stereocenters. The number of piperidine rings is 1. The molecule has 2 aliphatic rings. The van der Waals surface area contributed by atoms with Crippen LogP contribution in [0.15, 0.2) is 0 Å². The molecule has 0 amide bonds. The van der Waals surface area contributed by atoms with Crippen molar-refractivity contribution >= 4 is 13.7 Å². The maximum Gasteiger partial charge on any atom is 0.490 e. The van der Waals surface area contributed by atoms with E-state index in [2.05, 4.69) is 0 Å². The number of aliphatic carboxylic acids is 1. The van der Waals surface area contributed by atoms with Crippen LogP contribution in [0.5, 0.6) is 0 Å². The first-order valence-corrected chi connectivity index (χ1v) is 7.85. The Labute approximate surface area is 119 Å². The van der Waals surface area contributed by atoms with Crippen LogP contribution in [-0.4, -0.2) is 54.3 Å². The van der Waals surface area contributed by atoms with E-state index >= 15 is 0 Å². The molecule has 2 fully saturated rings. The van der Waals surface area contributed by atoms with Gasteiger partial charge in [0.2, 0.25) is 0 Å². The van der Waals surface area contributed by atoms with Gasteiger partial charge in [-0.05, 0) is 19.3 Å². The Morgan fingerprint density at radius 2 is 1.67 bits per heavy atom. The molecule has 0 aromatic heterocycles. The lowest BCUT2D eigenvalue weighted by Crippen LogP contribution is -2.39. The maximum absolute atomic E-state index is 12.1. The van der Waals surface area contributed by atoms with Crippen molar-refractivity contribution in [1.29, 1.82) is 0 Å². The van der Waals surface area contributed by atoms with Crippen molar-refractivity contribution in [2.45, 2.75) is 31.5 Å². The second-order valence-electron chi connectivity index (χ2n) is 4.58. The SMILES string of the molecule is NC1CCN(P2(=O)OCCCO2)CC1.O=C(O)C(F)(F)F. The van der Waals surface area contributed by atoms with Gasteiger partial charge in [0.1, 0.15) is 0 Å². The standard InChI is InChI=1S/C8H17N2O3P.C2HF3O2/c9-8-2-4-10(5-3-8)14(11)12-6-1-7-13-14;3-2(4,5)1(6)7/h8H,1-7,9H2;(H,6,7). The van der Waals surface area contributed by atoms with Crippen LogP contribution in [0.1, 0.15) is 19.3 Å². The highest BCUT2D eigenvalue weighted by Gasteiger charge is 2.38. The molecule has 2 saturated heterocycles. The van der Waals surface area contributed by atoms with Crippen molar-refractivity contribution < 1.29 is 36.7 Å². The number of nitrogens with two attached hydrogens (primary N) is 1. The van der Waals surface area contributed by atoms with Gasteiger partial charge in [-0.25, -0.2) is 14.0 Å². The molecule has 0 atom stereocenters. The first-order chi connectivity index (χ1) is 9.65.